The molecule has 1 atom stereocenters. The minimum atomic E-state index is 0.653. The summed E-state index contributed by atoms with van der Waals surface area (Å²) in [4.78, 5) is 0. The fourth-order valence-electron chi connectivity index (χ4n) is 2.18. The van der Waals surface area contributed by atoms with E-state index >= 15 is 0 Å². The largest absolute Gasteiger partial charge is 0.0885 e. The van der Waals surface area contributed by atoms with Gasteiger partial charge < -0.3 is 0 Å². The van der Waals surface area contributed by atoms with Gasteiger partial charge in [0.1, 0.15) is 0 Å². The second-order valence-electron chi connectivity index (χ2n) is 6.13. The molecule has 0 aliphatic rings. The Balaban J connectivity index is 3.54. The van der Waals surface area contributed by atoms with Crippen LogP contribution >= 0.6 is 0 Å². The Morgan fingerprint density at radius 3 is 1.96 bits per heavy atom. The summed E-state index contributed by atoms with van der Waals surface area (Å²) in [6, 6.07) is 0. The van der Waals surface area contributed by atoms with Gasteiger partial charge in [0.05, 0.1) is 0 Å². The monoisotopic (exact) mass is 314 g/mol. The lowest BCUT2D eigenvalue weighted by molar-refractivity contribution is 0.734. The highest BCUT2D eigenvalue weighted by atomic mass is 14.0. The third-order valence-corrected chi connectivity index (χ3v) is 3.62. The SMILES string of the molecule is CCC=CCC=CCC(C)C=CCCCC=CCC=CCCC. The molecule has 23 heavy (non-hydrogen) atoms. The van der Waals surface area contributed by atoms with Crippen LogP contribution in [0.5, 0.6) is 0 Å². The summed E-state index contributed by atoms with van der Waals surface area (Å²) in [5.74, 6) is 0.653. The van der Waals surface area contributed by atoms with E-state index in [1.165, 1.54) is 32.1 Å². The molecule has 0 N–H and O–H groups in total. The van der Waals surface area contributed by atoms with Gasteiger partial charge in [0, 0.05) is 0 Å². The highest BCUT2D eigenvalue weighted by Crippen LogP contribution is 2.07. The van der Waals surface area contributed by atoms with E-state index in [0.717, 1.165) is 25.7 Å². The van der Waals surface area contributed by atoms with Crippen molar-refractivity contribution in [3.63, 3.8) is 0 Å². The molecule has 0 saturated carbocycles. The topological polar surface area (TPSA) is 0 Å². The maximum atomic E-state index is 2.36. The van der Waals surface area contributed by atoms with Gasteiger partial charge >= 0.3 is 0 Å². The van der Waals surface area contributed by atoms with Crippen LogP contribution in [-0.2, 0) is 0 Å². The molecule has 0 heterocycles. The lowest BCUT2D eigenvalue weighted by atomic mass is 10.1. The van der Waals surface area contributed by atoms with Crippen molar-refractivity contribution in [2.75, 3.05) is 0 Å². The van der Waals surface area contributed by atoms with Crippen molar-refractivity contribution in [2.24, 2.45) is 5.92 Å². The second-order valence-corrected chi connectivity index (χ2v) is 6.13. The summed E-state index contributed by atoms with van der Waals surface area (Å²) in [6.07, 6.45) is 33.5. The molecular formula is C23H38. The molecule has 0 radical (unpaired) electrons. The molecule has 0 aromatic carbocycles. The number of unbranched alkanes of at least 4 members (excludes halogenated alkanes) is 3. The Labute approximate surface area is 145 Å². The van der Waals surface area contributed by atoms with E-state index in [9.17, 15) is 0 Å². The summed E-state index contributed by atoms with van der Waals surface area (Å²) in [5.41, 5.74) is 0. The van der Waals surface area contributed by atoms with E-state index in [2.05, 4.69) is 81.5 Å². The number of allylic oxidation sites excluding steroid dienone is 10. The molecule has 0 aromatic rings. The van der Waals surface area contributed by atoms with Gasteiger partial charge in [-0.2, -0.15) is 0 Å². The van der Waals surface area contributed by atoms with Crippen LogP contribution in [0.2, 0.25) is 0 Å². The standard InChI is InChI=1S/C23H38/c1-4-6-8-10-12-13-14-15-16-18-20-22-23(3)21-19-17-11-9-7-5-2/h7-10,13-14,17,19-20,22-23H,4-6,11-12,15-16,18,21H2,1-3H3. The van der Waals surface area contributed by atoms with Gasteiger partial charge in [0.2, 0.25) is 0 Å². The normalized spacial score (nSPS) is 14.4. The van der Waals surface area contributed by atoms with E-state index < -0.39 is 0 Å². The maximum absolute atomic E-state index is 2.36. The predicted molar refractivity (Wildman–Crippen MR) is 108 cm³/mol. The molecule has 1 unspecified atom stereocenters. The van der Waals surface area contributed by atoms with Crippen molar-refractivity contribution in [2.45, 2.75) is 78.6 Å². The molecule has 0 aliphatic carbocycles. The molecule has 0 spiro atoms. The van der Waals surface area contributed by atoms with E-state index in [4.69, 9.17) is 0 Å². The van der Waals surface area contributed by atoms with Crippen LogP contribution in [0.4, 0.5) is 0 Å². The average Bonchev–Trinajstić information content (AvgIpc) is 2.56. The van der Waals surface area contributed by atoms with E-state index in [1.54, 1.807) is 0 Å². The Morgan fingerprint density at radius 1 is 0.652 bits per heavy atom. The summed E-state index contributed by atoms with van der Waals surface area (Å²) in [5, 5.41) is 0. The minimum Gasteiger partial charge on any atom is -0.0885 e. The van der Waals surface area contributed by atoms with Crippen molar-refractivity contribution in [3.05, 3.63) is 60.8 Å². The van der Waals surface area contributed by atoms with Gasteiger partial charge in [-0.1, -0.05) is 88.0 Å². The fourth-order valence-corrected chi connectivity index (χ4v) is 2.18. The van der Waals surface area contributed by atoms with Crippen molar-refractivity contribution < 1.29 is 0 Å². The van der Waals surface area contributed by atoms with Gasteiger partial charge in [0.15, 0.2) is 0 Å². The van der Waals surface area contributed by atoms with Crippen LogP contribution in [0.3, 0.4) is 0 Å². The quantitative estimate of drug-likeness (QED) is 0.225. The first-order chi connectivity index (χ1) is 11.3. The third kappa shape index (κ3) is 18.7. The van der Waals surface area contributed by atoms with Crippen molar-refractivity contribution in [1.82, 2.24) is 0 Å². The molecule has 0 saturated heterocycles. The summed E-state index contributed by atoms with van der Waals surface area (Å²) in [7, 11) is 0. The summed E-state index contributed by atoms with van der Waals surface area (Å²) < 4.78 is 0. The zero-order valence-electron chi connectivity index (χ0n) is 15.7. The van der Waals surface area contributed by atoms with E-state index in [-0.39, 0.29) is 0 Å². The highest BCUT2D eigenvalue weighted by Gasteiger charge is 1.92. The second kappa shape index (κ2) is 18.7. The van der Waals surface area contributed by atoms with Crippen LogP contribution < -0.4 is 0 Å². The first-order valence-corrected chi connectivity index (χ1v) is 9.57. The van der Waals surface area contributed by atoms with Crippen molar-refractivity contribution in [3.8, 4) is 0 Å². The first kappa shape index (κ1) is 21.7. The highest BCUT2D eigenvalue weighted by molar-refractivity contribution is 4.96. The molecule has 0 rings (SSSR count). The third-order valence-electron chi connectivity index (χ3n) is 3.62. The number of rotatable bonds is 14. The number of hydrogen-bond acceptors (Lipinski definition) is 0. The minimum absolute atomic E-state index is 0.653. The zero-order chi connectivity index (χ0) is 17.0. The van der Waals surface area contributed by atoms with Crippen LogP contribution in [0, 0.1) is 5.92 Å². The Kier molecular flexibility index (Phi) is 17.7. The molecular weight excluding hydrogens is 276 g/mol. The Bertz CT molecular complexity index is 365. The molecule has 0 fully saturated rings. The smallest absolute Gasteiger partial charge is 0.0169 e. The summed E-state index contributed by atoms with van der Waals surface area (Å²) in [6.45, 7) is 6.69. The van der Waals surface area contributed by atoms with Crippen molar-refractivity contribution >= 4 is 0 Å². The Morgan fingerprint density at radius 2 is 1.26 bits per heavy atom. The fraction of sp³-hybridized carbons (Fsp3) is 0.565. The molecule has 0 aromatic heterocycles. The van der Waals surface area contributed by atoms with E-state index in [0.29, 0.717) is 5.92 Å². The lowest BCUT2D eigenvalue weighted by Crippen LogP contribution is -1.85. The zero-order valence-corrected chi connectivity index (χ0v) is 15.7. The van der Waals surface area contributed by atoms with Gasteiger partial charge in [-0.25, -0.2) is 0 Å². The van der Waals surface area contributed by atoms with Crippen LogP contribution in [0.1, 0.15) is 78.6 Å². The van der Waals surface area contributed by atoms with E-state index in [1.807, 2.05) is 0 Å². The summed E-state index contributed by atoms with van der Waals surface area (Å²) >= 11 is 0. The average molecular weight is 315 g/mol. The lowest BCUT2D eigenvalue weighted by Gasteiger charge is -2.00. The van der Waals surface area contributed by atoms with Gasteiger partial charge in [-0.3, -0.25) is 0 Å². The van der Waals surface area contributed by atoms with Crippen LogP contribution in [-0.4, -0.2) is 0 Å². The van der Waals surface area contributed by atoms with Crippen LogP contribution in [0.25, 0.3) is 0 Å². The molecule has 0 aliphatic heterocycles. The molecule has 0 bridgehead atoms. The van der Waals surface area contributed by atoms with Gasteiger partial charge in [-0.15, -0.1) is 0 Å². The molecule has 0 amide bonds. The van der Waals surface area contributed by atoms with Gasteiger partial charge in [-0.05, 0) is 57.3 Å². The van der Waals surface area contributed by atoms with Crippen molar-refractivity contribution in [1.29, 1.82) is 0 Å². The maximum Gasteiger partial charge on any atom is -0.0169 e. The molecule has 0 heteroatoms. The predicted octanol–water partition coefficient (Wildman–Crippen LogP) is 7.95. The van der Waals surface area contributed by atoms with Crippen LogP contribution in [0.15, 0.2) is 60.8 Å². The molecule has 0 nitrogen and oxygen atoms in total. The Hall–Kier alpha value is -1.30. The number of hydrogen-bond donors (Lipinski definition) is 0. The molecule has 130 valence electrons. The van der Waals surface area contributed by atoms with Gasteiger partial charge in [0.25, 0.3) is 0 Å². The first-order valence-electron chi connectivity index (χ1n) is 9.57.